The molecule has 0 fully saturated rings. The molecule has 0 aliphatic rings. The standard InChI is InChI=1S/C14H34OSi2/c1-16(2,3)13-9-7-11-15-12-8-10-14-17(4,5)6/h7-14H2,1-6H3. The molecular weight excluding hydrogens is 240 g/mol. The van der Waals surface area contributed by atoms with Crippen molar-refractivity contribution < 1.29 is 4.74 Å². The molecule has 0 unspecified atom stereocenters. The first kappa shape index (κ1) is 17.4. The fraction of sp³-hybridized carbons (Fsp3) is 1.00. The van der Waals surface area contributed by atoms with E-state index in [2.05, 4.69) is 39.3 Å². The van der Waals surface area contributed by atoms with E-state index in [4.69, 9.17) is 4.74 Å². The highest BCUT2D eigenvalue weighted by Gasteiger charge is 2.12. The van der Waals surface area contributed by atoms with Crippen molar-refractivity contribution in [3.05, 3.63) is 0 Å². The fourth-order valence-corrected chi connectivity index (χ4v) is 4.44. The molecule has 0 aromatic rings. The van der Waals surface area contributed by atoms with Crippen molar-refractivity contribution in [2.75, 3.05) is 13.2 Å². The number of unbranched alkanes of at least 4 members (excludes halogenated alkanes) is 2. The van der Waals surface area contributed by atoms with E-state index in [1.807, 2.05) is 0 Å². The Hall–Kier alpha value is 0.394. The highest BCUT2D eigenvalue weighted by molar-refractivity contribution is 6.76. The van der Waals surface area contributed by atoms with Crippen molar-refractivity contribution in [2.24, 2.45) is 0 Å². The average Bonchev–Trinajstić information content (AvgIpc) is 2.11. The number of ether oxygens (including phenoxy) is 1. The van der Waals surface area contributed by atoms with Gasteiger partial charge in [0.1, 0.15) is 0 Å². The van der Waals surface area contributed by atoms with Crippen molar-refractivity contribution in [3.8, 4) is 0 Å². The molecule has 0 amide bonds. The van der Waals surface area contributed by atoms with Crippen molar-refractivity contribution >= 4 is 16.1 Å². The minimum atomic E-state index is -0.810. The Morgan fingerprint density at radius 3 is 1.24 bits per heavy atom. The Morgan fingerprint density at radius 1 is 0.588 bits per heavy atom. The summed E-state index contributed by atoms with van der Waals surface area (Å²) in [6, 6.07) is 2.90. The lowest BCUT2D eigenvalue weighted by Crippen LogP contribution is -2.19. The zero-order valence-corrected chi connectivity index (χ0v) is 15.1. The molecule has 1 nitrogen and oxygen atoms in total. The van der Waals surface area contributed by atoms with E-state index in [9.17, 15) is 0 Å². The van der Waals surface area contributed by atoms with E-state index in [0.717, 1.165) is 13.2 Å². The summed E-state index contributed by atoms with van der Waals surface area (Å²) in [5, 5.41) is 0. The van der Waals surface area contributed by atoms with E-state index in [1.165, 1.54) is 37.8 Å². The summed E-state index contributed by atoms with van der Waals surface area (Å²) in [4.78, 5) is 0. The average molecular weight is 275 g/mol. The van der Waals surface area contributed by atoms with Gasteiger partial charge >= 0.3 is 0 Å². The molecule has 0 aromatic carbocycles. The molecule has 0 heterocycles. The predicted octanol–water partition coefficient (Wildman–Crippen LogP) is 5.24. The third-order valence-corrected chi connectivity index (χ3v) is 6.64. The number of hydrogen-bond donors (Lipinski definition) is 0. The molecule has 0 aromatic heterocycles. The van der Waals surface area contributed by atoms with Gasteiger partial charge in [0.15, 0.2) is 0 Å². The lowest BCUT2D eigenvalue weighted by atomic mass is 10.3. The predicted molar refractivity (Wildman–Crippen MR) is 85.6 cm³/mol. The van der Waals surface area contributed by atoms with Crippen molar-refractivity contribution in [1.82, 2.24) is 0 Å². The number of hydrogen-bond acceptors (Lipinski definition) is 1. The summed E-state index contributed by atoms with van der Waals surface area (Å²) in [5.74, 6) is 0. The van der Waals surface area contributed by atoms with Gasteiger partial charge in [0, 0.05) is 29.4 Å². The maximum Gasteiger partial charge on any atom is 0.0465 e. The van der Waals surface area contributed by atoms with Crippen LogP contribution in [0.4, 0.5) is 0 Å². The summed E-state index contributed by atoms with van der Waals surface area (Å²) < 4.78 is 5.69. The molecule has 0 saturated carbocycles. The maximum atomic E-state index is 5.69. The van der Waals surface area contributed by atoms with E-state index in [-0.39, 0.29) is 0 Å². The summed E-state index contributed by atoms with van der Waals surface area (Å²) in [5.41, 5.74) is 0. The van der Waals surface area contributed by atoms with Crippen LogP contribution in [0.2, 0.25) is 51.4 Å². The van der Waals surface area contributed by atoms with Gasteiger partial charge in [-0.15, -0.1) is 0 Å². The van der Waals surface area contributed by atoms with Crippen LogP contribution >= 0.6 is 0 Å². The molecule has 0 aliphatic heterocycles. The topological polar surface area (TPSA) is 9.23 Å². The van der Waals surface area contributed by atoms with Gasteiger partial charge in [-0.05, 0) is 12.8 Å². The van der Waals surface area contributed by atoms with Crippen LogP contribution in [0.25, 0.3) is 0 Å². The second-order valence-corrected chi connectivity index (χ2v) is 18.9. The molecule has 0 N–H and O–H groups in total. The van der Waals surface area contributed by atoms with E-state index >= 15 is 0 Å². The second-order valence-electron chi connectivity index (χ2n) is 7.65. The Balaban J connectivity index is 3.15. The Kier molecular flexibility index (Phi) is 8.68. The summed E-state index contributed by atoms with van der Waals surface area (Å²) in [6.45, 7) is 16.7. The van der Waals surface area contributed by atoms with Gasteiger partial charge in [-0.25, -0.2) is 0 Å². The molecule has 104 valence electrons. The third kappa shape index (κ3) is 16.4. The van der Waals surface area contributed by atoms with E-state index in [0.29, 0.717) is 0 Å². The van der Waals surface area contributed by atoms with Gasteiger partial charge < -0.3 is 4.74 Å². The Labute approximate surface area is 111 Å². The van der Waals surface area contributed by atoms with Crippen LogP contribution in [0.5, 0.6) is 0 Å². The highest BCUT2D eigenvalue weighted by atomic mass is 28.3. The van der Waals surface area contributed by atoms with Gasteiger partial charge in [-0.3, -0.25) is 0 Å². The first-order valence-corrected chi connectivity index (χ1v) is 14.7. The van der Waals surface area contributed by atoms with Crippen molar-refractivity contribution in [1.29, 1.82) is 0 Å². The molecule has 0 saturated heterocycles. The van der Waals surface area contributed by atoms with Crippen LogP contribution in [-0.4, -0.2) is 29.4 Å². The second kappa shape index (κ2) is 8.49. The molecule has 0 bridgehead atoms. The van der Waals surface area contributed by atoms with Crippen molar-refractivity contribution in [2.45, 2.75) is 77.1 Å². The molecule has 0 radical (unpaired) electrons. The highest BCUT2D eigenvalue weighted by Crippen LogP contribution is 2.14. The lowest BCUT2D eigenvalue weighted by molar-refractivity contribution is 0.128. The summed E-state index contributed by atoms with van der Waals surface area (Å²) >= 11 is 0. The quantitative estimate of drug-likeness (QED) is 0.391. The summed E-state index contributed by atoms with van der Waals surface area (Å²) in [6.07, 6.45) is 5.26. The summed E-state index contributed by atoms with van der Waals surface area (Å²) in [7, 11) is -1.62. The Bertz CT molecular complexity index is 160. The van der Waals surface area contributed by atoms with Gasteiger partial charge in [0.25, 0.3) is 0 Å². The zero-order valence-electron chi connectivity index (χ0n) is 13.1. The lowest BCUT2D eigenvalue weighted by Gasteiger charge is -2.15. The first-order valence-electron chi connectivity index (χ1n) is 7.28. The van der Waals surface area contributed by atoms with Gasteiger partial charge in [0.05, 0.1) is 0 Å². The van der Waals surface area contributed by atoms with Gasteiger partial charge in [0.2, 0.25) is 0 Å². The monoisotopic (exact) mass is 274 g/mol. The normalized spacial score (nSPS) is 13.1. The SMILES string of the molecule is C[Si](C)(C)CCCCOCCCC[Si](C)(C)C. The first-order chi connectivity index (χ1) is 7.71. The van der Waals surface area contributed by atoms with Crippen LogP contribution < -0.4 is 0 Å². The van der Waals surface area contributed by atoms with Crippen molar-refractivity contribution in [3.63, 3.8) is 0 Å². The maximum absolute atomic E-state index is 5.69. The van der Waals surface area contributed by atoms with Crippen LogP contribution in [-0.2, 0) is 4.74 Å². The molecule has 0 rings (SSSR count). The smallest absolute Gasteiger partial charge is 0.0465 e. The van der Waals surface area contributed by atoms with E-state index < -0.39 is 16.1 Å². The number of rotatable bonds is 10. The Morgan fingerprint density at radius 2 is 0.941 bits per heavy atom. The molecule has 0 atom stereocenters. The minimum absolute atomic E-state index is 0.810. The van der Waals surface area contributed by atoms with Crippen LogP contribution in [0.1, 0.15) is 25.7 Å². The van der Waals surface area contributed by atoms with Gasteiger partial charge in [-0.1, -0.05) is 64.2 Å². The molecule has 0 spiro atoms. The molecule has 17 heavy (non-hydrogen) atoms. The fourth-order valence-electron chi connectivity index (χ4n) is 1.82. The van der Waals surface area contributed by atoms with E-state index in [1.54, 1.807) is 0 Å². The van der Waals surface area contributed by atoms with Gasteiger partial charge in [-0.2, -0.15) is 0 Å². The van der Waals surface area contributed by atoms with Crippen LogP contribution in [0.3, 0.4) is 0 Å². The zero-order chi connectivity index (χ0) is 13.4. The minimum Gasteiger partial charge on any atom is -0.381 e. The largest absolute Gasteiger partial charge is 0.381 e. The third-order valence-electron chi connectivity index (χ3n) is 2.93. The molecule has 3 heteroatoms. The van der Waals surface area contributed by atoms with Crippen LogP contribution in [0, 0.1) is 0 Å². The molecular formula is C14H34OSi2. The van der Waals surface area contributed by atoms with Crippen LogP contribution in [0.15, 0.2) is 0 Å². The molecule has 0 aliphatic carbocycles.